The van der Waals surface area contributed by atoms with Crippen molar-refractivity contribution in [3.8, 4) is 0 Å². The summed E-state index contributed by atoms with van der Waals surface area (Å²) in [6.45, 7) is 4.07. The van der Waals surface area contributed by atoms with E-state index in [1.165, 1.54) is 25.3 Å². The van der Waals surface area contributed by atoms with E-state index in [1.54, 1.807) is 0 Å². The van der Waals surface area contributed by atoms with Crippen LogP contribution >= 0.6 is 11.3 Å². The zero-order valence-corrected chi connectivity index (χ0v) is 18.3. The Hall–Kier alpha value is -2.67. The number of nitrogens with zero attached hydrogens (tertiary/aromatic N) is 2. The topological polar surface area (TPSA) is 73.1 Å². The molecule has 0 spiro atoms. The maximum Gasteiger partial charge on any atom is 0.332 e. The van der Waals surface area contributed by atoms with Gasteiger partial charge in [0, 0.05) is 10.9 Å². The van der Waals surface area contributed by atoms with E-state index in [1.807, 2.05) is 44.2 Å². The molecule has 1 N–H and O–H groups in total. The number of rotatable bonds is 6. The van der Waals surface area contributed by atoms with Crippen molar-refractivity contribution in [3.63, 3.8) is 0 Å². The molecule has 1 aliphatic rings. The van der Waals surface area contributed by atoms with Crippen molar-refractivity contribution >= 4 is 27.5 Å². The van der Waals surface area contributed by atoms with E-state index in [0.29, 0.717) is 10.2 Å². The molecule has 3 aromatic rings. The van der Waals surface area contributed by atoms with Gasteiger partial charge < -0.3 is 5.32 Å². The number of carbonyl (C=O) groups excluding carboxylic acids is 1. The standard InChI is InChI=1S/C23H27N3O3S/c1-3-15(2)24-19(27)14-26-22-20(17-11-7-8-12-18(17)30-22)21(28)25(23(26)29)13-16-9-5-4-6-10-16/h4-6,9-10,15H,3,7-8,11-14H2,1-2H3,(H,24,27)/t15-/m0/s1. The minimum absolute atomic E-state index is 0.0375. The first-order valence-electron chi connectivity index (χ1n) is 10.6. The molecule has 4 rings (SSSR count). The number of aryl methyl sites for hydroxylation is 2. The van der Waals surface area contributed by atoms with E-state index < -0.39 is 5.69 Å². The monoisotopic (exact) mass is 425 g/mol. The smallest absolute Gasteiger partial charge is 0.332 e. The van der Waals surface area contributed by atoms with Crippen molar-refractivity contribution in [1.82, 2.24) is 14.5 Å². The molecule has 30 heavy (non-hydrogen) atoms. The second-order valence-corrected chi connectivity index (χ2v) is 9.10. The van der Waals surface area contributed by atoms with Gasteiger partial charge in [0.25, 0.3) is 5.56 Å². The predicted octanol–water partition coefficient (Wildman–Crippen LogP) is 3.07. The number of nitrogens with one attached hydrogen (secondary N) is 1. The number of aromatic nitrogens is 2. The Bertz CT molecular complexity index is 1190. The number of fused-ring (bicyclic) bond motifs is 3. The van der Waals surface area contributed by atoms with Crippen molar-refractivity contribution in [3.05, 3.63) is 67.2 Å². The van der Waals surface area contributed by atoms with Crippen LogP contribution in [0.5, 0.6) is 0 Å². The molecule has 158 valence electrons. The molecule has 0 saturated carbocycles. The van der Waals surface area contributed by atoms with Gasteiger partial charge in [0.2, 0.25) is 5.91 Å². The van der Waals surface area contributed by atoms with Crippen LogP contribution in [0, 0.1) is 0 Å². The summed E-state index contributed by atoms with van der Waals surface area (Å²) in [4.78, 5) is 41.2. The zero-order chi connectivity index (χ0) is 21.3. The summed E-state index contributed by atoms with van der Waals surface area (Å²) in [5.41, 5.74) is 1.30. The highest BCUT2D eigenvalue weighted by Crippen LogP contribution is 2.34. The van der Waals surface area contributed by atoms with Gasteiger partial charge in [-0.2, -0.15) is 0 Å². The third-order valence-corrected chi connectivity index (χ3v) is 7.14. The summed E-state index contributed by atoms with van der Waals surface area (Å²) in [7, 11) is 0. The van der Waals surface area contributed by atoms with Gasteiger partial charge in [-0.15, -0.1) is 11.3 Å². The van der Waals surface area contributed by atoms with Gasteiger partial charge in [-0.05, 0) is 50.2 Å². The fraction of sp³-hybridized carbons (Fsp3) is 0.435. The van der Waals surface area contributed by atoms with Gasteiger partial charge in [0.15, 0.2) is 0 Å². The Morgan fingerprint density at radius 3 is 2.60 bits per heavy atom. The average molecular weight is 426 g/mol. The molecule has 1 aromatic carbocycles. The van der Waals surface area contributed by atoms with Crippen molar-refractivity contribution in [2.75, 3.05) is 0 Å². The summed E-state index contributed by atoms with van der Waals surface area (Å²) in [5.74, 6) is -0.205. The molecule has 6 nitrogen and oxygen atoms in total. The number of hydrogen-bond donors (Lipinski definition) is 1. The molecule has 2 aromatic heterocycles. The van der Waals surface area contributed by atoms with Gasteiger partial charge in [-0.1, -0.05) is 37.3 Å². The van der Waals surface area contributed by atoms with Crippen LogP contribution in [0.25, 0.3) is 10.2 Å². The highest BCUT2D eigenvalue weighted by molar-refractivity contribution is 7.18. The Balaban J connectivity index is 1.88. The summed E-state index contributed by atoms with van der Waals surface area (Å²) in [5, 5.41) is 3.56. The quantitative estimate of drug-likeness (QED) is 0.660. The van der Waals surface area contributed by atoms with Crippen molar-refractivity contribution < 1.29 is 4.79 Å². The minimum atomic E-state index is -0.422. The maximum atomic E-state index is 13.4. The van der Waals surface area contributed by atoms with Crippen LogP contribution in [0.3, 0.4) is 0 Å². The van der Waals surface area contributed by atoms with E-state index in [0.717, 1.165) is 43.2 Å². The highest BCUT2D eigenvalue weighted by Gasteiger charge is 2.24. The van der Waals surface area contributed by atoms with E-state index in [2.05, 4.69) is 5.32 Å². The molecule has 0 unspecified atom stereocenters. The first-order valence-corrected chi connectivity index (χ1v) is 11.4. The molecule has 0 fully saturated rings. The molecular weight excluding hydrogens is 398 g/mol. The predicted molar refractivity (Wildman–Crippen MR) is 120 cm³/mol. The third-order valence-electron chi connectivity index (χ3n) is 5.82. The molecule has 7 heteroatoms. The number of hydrogen-bond acceptors (Lipinski definition) is 4. The number of thiophene rings is 1. The SMILES string of the molecule is CC[C@H](C)NC(=O)Cn1c(=O)n(Cc2ccccc2)c(=O)c2c3c(sc21)CCCC3. The molecular formula is C23H27N3O3S. The Morgan fingerprint density at radius 1 is 1.13 bits per heavy atom. The lowest BCUT2D eigenvalue weighted by Crippen LogP contribution is -2.43. The van der Waals surface area contributed by atoms with Crippen LogP contribution in [-0.2, 0) is 30.7 Å². The van der Waals surface area contributed by atoms with Crippen molar-refractivity contribution in [2.24, 2.45) is 0 Å². The normalized spacial score (nSPS) is 14.5. The van der Waals surface area contributed by atoms with Crippen LogP contribution < -0.4 is 16.6 Å². The maximum absolute atomic E-state index is 13.4. The van der Waals surface area contributed by atoms with Crippen molar-refractivity contribution in [2.45, 2.75) is 65.1 Å². The van der Waals surface area contributed by atoms with Crippen LogP contribution in [0.15, 0.2) is 39.9 Å². The van der Waals surface area contributed by atoms with Crippen molar-refractivity contribution in [1.29, 1.82) is 0 Å². The second-order valence-electron chi connectivity index (χ2n) is 8.01. The summed E-state index contributed by atoms with van der Waals surface area (Å²) in [6.07, 6.45) is 4.74. The Morgan fingerprint density at radius 2 is 1.87 bits per heavy atom. The second kappa shape index (κ2) is 8.60. The lowest BCUT2D eigenvalue weighted by molar-refractivity contribution is -0.122. The molecule has 1 aliphatic carbocycles. The minimum Gasteiger partial charge on any atom is -0.352 e. The number of benzene rings is 1. The first-order chi connectivity index (χ1) is 14.5. The third kappa shape index (κ3) is 3.86. The van der Waals surface area contributed by atoms with Crippen LogP contribution in [0.4, 0.5) is 0 Å². The van der Waals surface area contributed by atoms with Gasteiger partial charge in [0.1, 0.15) is 11.4 Å². The van der Waals surface area contributed by atoms with E-state index in [9.17, 15) is 14.4 Å². The van der Waals surface area contributed by atoms with E-state index in [4.69, 9.17) is 0 Å². The molecule has 0 saturated heterocycles. The summed E-state index contributed by atoms with van der Waals surface area (Å²) >= 11 is 1.51. The van der Waals surface area contributed by atoms with Crippen LogP contribution in [-0.4, -0.2) is 21.1 Å². The van der Waals surface area contributed by atoms with E-state index >= 15 is 0 Å². The highest BCUT2D eigenvalue weighted by atomic mass is 32.1. The van der Waals surface area contributed by atoms with Gasteiger partial charge in [0.05, 0.1) is 11.9 Å². The van der Waals surface area contributed by atoms with Gasteiger partial charge >= 0.3 is 5.69 Å². The van der Waals surface area contributed by atoms with E-state index in [-0.39, 0.29) is 30.6 Å². The number of amides is 1. The Labute approximate surface area is 179 Å². The van der Waals surface area contributed by atoms with Gasteiger partial charge in [-0.25, -0.2) is 4.79 Å². The Kier molecular flexibility index (Phi) is 5.90. The molecule has 0 bridgehead atoms. The summed E-state index contributed by atoms with van der Waals surface area (Å²) in [6, 6.07) is 9.53. The van der Waals surface area contributed by atoms with Crippen LogP contribution in [0.1, 0.15) is 49.1 Å². The average Bonchev–Trinajstić information content (AvgIpc) is 3.14. The molecule has 0 aliphatic heterocycles. The molecule has 1 amide bonds. The molecule has 0 radical (unpaired) electrons. The number of carbonyl (C=O) groups is 1. The molecule has 2 heterocycles. The fourth-order valence-electron chi connectivity index (χ4n) is 4.03. The lowest BCUT2D eigenvalue weighted by atomic mass is 9.97. The fourth-order valence-corrected chi connectivity index (χ4v) is 5.40. The van der Waals surface area contributed by atoms with Gasteiger partial charge in [-0.3, -0.25) is 18.7 Å². The lowest BCUT2D eigenvalue weighted by Gasteiger charge is -2.15. The zero-order valence-electron chi connectivity index (χ0n) is 17.4. The first kappa shape index (κ1) is 20.6. The largest absolute Gasteiger partial charge is 0.352 e. The van der Waals surface area contributed by atoms with Crippen LogP contribution in [0.2, 0.25) is 0 Å². The summed E-state index contributed by atoms with van der Waals surface area (Å²) < 4.78 is 2.79. The molecule has 1 atom stereocenters.